The number of allylic oxidation sites excluding steroid dienone is 1. The van der Waals surface area contributed by atoms with Crippen molar-refractivity contribution >= 4 is 0 Å². The fourth-order valence-corrected chi connectivity index (χ4v) is 2.10. The summed E-state index contributed by atoms with van der Waals surface area (Å²) in [5, 5.41) is 0. The Morgan fingerprint density at radius 3 is 2.21 bits per heavy atom. The summed E-state index contributed by atoms with van der Waals surface area (Å²) in [6, 6.07) is 3.52. The molecule has 1 aromatic carbocycles. The van der Waals surface area contributed by atoms with E-state index >= 15 is 0 Å². The van der Waals surface area contributed by atoms with Gasteiger partial charge < -0.3 is 24.7 Å². The van der Waals surface area contributed by atoms with Crippen LogP contribution in [0.25, 0.3) is 0 Å². The summed E-state index contributed by atoms with van der Waals surface area (Å²) in [7, 11) is 4.60. The highest BCUT2D eigenvalue weighted by Crippen LogP contribution is 2.38. The Kier molecular flexibility index (Phi) is 8.12. The molecule has 0 fully saturated rings. The second kappa shape index (κ2) is 9.82. The number of benzene rings is 1. The van der Waals surface area contributed by atoms with Crippen molar-refractivity contribution in [2.24, 2.45) is 5.73 Å². The van der Waals surface area contributed by atoms with Gasteiger partial charge in [-0.3, -0.25) is 0 Å². The Balaban J connectivity index is 2.89. The van der Waals surface area contributed by atoms with Crippen LogP contribution in [-0.2, 0) is 11.3 Å². The van der Waals surface area contributed by atoms with E-state index in [9.17, 15) is 4.39 Å². The summed E-state index contributed by atoms with van der Waals surface area (Å²) in [5.41, 5.74) is 7.20. The normalized spacial score (nSPS) is 12.6. The van der Waals surface area contributed by atoms with Gasteiger partial charge in [0.2, 0.25) is 5.75 Å². The molecule has 0 amide bonds. The van der Waals surface area contributed by atoms with Gasteiger partial charge in [0.05, 0.1) is 27.9 Å². The van der Waals surface area contributed by atoms with E-state index in [4.69, 9.17) is 24.7 Å². The average molecular weight is 339 g/mol. The van der Waals surface area contributed by atoms with E-state index in [0.29, 0.717) is 35.8 Å². The molecule has 5 nitrogen and oxygen atoms in total. The summed E-state index contributed by atoms with van der Waals surface area (Å²) in [6.07, 6.45) is 2.04. The van der Waals surface area contributed by atoms with Crippen molar-refractivity contribution in [3.05, 3.63) is 41.9 Å². The predicted molar refractivity (Wildman–Crippen MR) is 92.1 cm³/mol. The molecule has 2 N–H and O–H groups in total. The highest BCUT2D eigenvalue weighted by molar-refractivity contribution is 5.53. The van der Waals surface area contributed by atoms with Gasteiger partial charge in [-0.05, 0) is 30.5 Å². The molecule has 0 bridgehead atoms. The first-order valence-electron chi connectivity index (χ1n) is 7.66. The number of nitrogens with two attached hydrogens (primary N) is 1. The van der Waals surface area contributed by atoms with Crippen molar-refractivity contribution in [3.8, 4) is 17.2 Å². The molecule has 0 heterocycles. The van der Waals surface area contributed by atoms with Gasteiger partial charge in [0.1, 0.15) is 11.9 Å². The maximum atomic E-state index is 13.6. The van der Waals surface area contributed by atoms with Crippen LogP contribution in [0, 0.1) is 0 Å². The number of halogens is 1. The van der Waals surface area contributed by atoms with Gasteiger partial charge in [-0.2, -0.15) is 0 Å². The molecular formula is C18H26FNO4. The van der Waals surface area contributed by atoms with Gasteiger partial charge in [0, 0.05) is 5.70 Å². The van der Waals surface area contributed by atoms with E-state index in [1.807, 2.05) is 6.92 Å². The molecule has 0 saturated carbocycles. The second-order valence-corrected chi connectivity index (χ2v) is 5.15. The highest BCUT2D eigenvalue weighted by Gasteiger charge is 2.16. The lowest BCUT2D eigenvalue weighted by atomic mass is 10.1. The SMILES string of the molecule is C=C(F)C(C/C=C(/N)CC)OCc1cc(OC)c(OC)c(OC)c1. The van der Waals surface area contributed by atoms with Crippen molar-refractivity contribution < 1.29 is 23.3 Å². The lowest BCUT2D eigenvalue weighted by molar-refractivity contribution is 0.0522. The fourth-order valence-electron chi connectivity index (χ4n) is 2.10. The summed E-state index contributed by atoms with van der Waals surface area (Å²) in [4.78, 5) is 0. The van der Waals surface area contributed by atoms with Crippen LogP contribution in [0.1, 0.15) is 25.3 Å². The first-order chi connectivity index (χ1) is 11.5. The standard InChI is InChI=1S/C18H26FNO4/c1-6-14(20)7-8-15(12(2)19)24-11-13-9-16(21-3)18(23-5)17(10-13)22-4/h7,9-10,15H,2,6,8,11,20H2,1,3-5H3/b14-7+. The Morgan fingerprint density at radius 1 is 1.21 bits per heavy atom. The summed E-state index contributed by atoms with van der Waals surface area (Å²) in [6.45, 7) is 5.44. The van der Waals surface area contributed by atoms with Crippen LogP contribution >= 0.6 is 0 Å². The van der Waals surface area contributed by atoms with Crippen molar-refractivity contribution in [2.45, 2.75) is 32.5 Å². The summed E-state index contributed by atoms with van der Waals surface area (Å²) < 4.78 is 35.0. The monoisotopic (exact) mass is 339 g/mol. The number of hydrogen-bond acceptors (Lipinski definition) is 5. The molecule has 0 saturated heterocycles. The highest BCUT2D eigenvalue weighted by atomic mass is 19.1. The molecule has 0 aliphatic rings. The van der Waals surface area contributed by atoms with E-state index in [-0.39, 0.29) is 6.61 Å². The van der Waals surface area contributed by atoms with Crippen LogP contribution in [0.3, 0.4) is 0 Å². The lowest BCUT2D eigenvalue weighted by Gasteiger charge is -2.17. The molecular weight excluding hydrogens is 313 g/mol. The van der Waals surface area contributed by atoms with E-state index < -0.39 is 11.9 Å². The van der Waals surface area contributed by atoms with Gasteiger partial charge in [0.25, 0.3) is 0 Å². The maximum absolute atomic E-state index is 13.6. The number of hydrogen-bond donors (Lipinski definition) is 1. The number of ether oxygens (including phenoxy) is 4. The van der Waals surface area contributed by atoms with Crippen molar-refractivity contribution in [1.82, 2.24) is 0 Å². The molecule has 0 spiro atoms. The van der Waals surface area contributed by atoms with E-state index in [1.165, 1.54) is 21.3 Å². The Labute approximate surface area is 142 Å². The lowest BCUT2D eigenvalue weighted by Crippen LogP contribution is -2.13. The Hall–Kier alpha value is -2.21. The molecule has 24 heavy (non-hydrogen) atoms. The zero-order valence-corrected chi connectivity index (χ0v) is 14.7. The zero-order chi connectivity index (χ0) is 18.1. The Bertz CT molecular complexity index is 561. The minimum Gasteiger partial charge on any atom is -0.493 e. The quantitative estimate of drug-likeness (QED) is 0.704. The van der Waals surface area contributed by atoms with Crippen LogP contribution in [0.5, 0.6) is 17.2 Å². The third-order valence-corrected chi connectivity index (χ3v) is 3.53. The fraction of sp³-hybridized carbons (Fsp3) is 0.444. The number of rotatable bonds is 10. The van der Waals surface area contributed by atoms with Gasteiger partial charge in [-0.25, -0.2) is 4.39 Å². The zero-order valence-electron chi connectivity index (χ0n) is 14.7. The van der Waals surface area contributed by atoms with Gasteiger partial charge >= 0.3 is 0 Å². The molecule has 6 heteroatoms. The number of methoxy groups -OCH3 is 3. The first kappa shape index (κ1) is 19.8. The van der Waals surface area contributed by atoms with E-state index in [2.05, 4.69) is 6.58 Å². The molecule has 0 aromatic heterocycles. The van der Waals surface area contributed by atoms with E-state index in [1.54, 1.807) is 18.2 Å². The van der Waals surface area contributed by atoms with Crippen LogP contribution in [0.4, 0.5) is 4.39 Å². The summed E-state index contributed by atoms with van der Waals surface area (Å²) in [5.74, 6) is 0.985. The van der Waals surface area contributed by atoms with Gasteiger partial charge in [-0.1, -0.05) is 19.6 Å². The van der Waals surface area contributed by atoms with Crippen LogP contribution < -0.4 is 19.9 Å². The summed E-state index contributed by atoms with van der Waals surface area (Å²) >= 11 is 0. The third kappa shape index (κ3) is 5.45. The minimum atomic E-state index is -0.755. The van der Waals surface area contributed by atoms with Crippen LogP contribution in [0.2, 0.25) is 0 Å². The van der Waals surface area contributed by atoms with Gasteiger partial charge in [0.15, 0.2) is 11.5 Å². The molecule has 1 rings (SSSR count). The second-order valence-electron chi connectivity index (χ2n) is 5.15. The van der Waals surface area contributed by atoms with E-state index in [0.717, 1.165) is 5.56 Å². The average Bonchev–Trinajstić information content (AvgIpc) is 2.59. The van der Waals surface area contributed by atoms with Crippen molar-refractivity contribution in [1.29, 1.82) is 0 Å². The smallest absolute Gasteiger partial charge is 0.203 e. The predicted octanol–water partition coefficient (Wildman–Crippen LogP) is 3.72. The molecule has 0 radical (unpaired) electrons. The first-order valence-corrected chi connectivity index (χ1v) is 7.66. The molecule has 1 unspecified atom stereocenters. The minimum absolute atomic E-state index is 0.171. The Morgan fingerprint density at radius 2 is 1.79 bits per heavy atom. The molecule has 1 atom stereocenters. The van der Waals surface area contributed by atoms with Crippen LogP contribution in [-0.4, -0.2) is 27.4 Å². The largest absolute Gasteiger partial charge is 0.493 e. The molecule has 134 valence electrons. The molecule has 1 aromatic rings. The molecule has 0 aliphatic heterocycles. The van der Waals surface area contributed by atoms with Crippen molar-refractivity contribution in [2.75, 3.05) is 21.3 Å². The maximum Gasteiger partial charge on any atom is 0.203 e. The van der Waals surface area contributed by atoms with Crippen LogP contribution in [0.15, 0.2) is 36.3 Å². The van der Waals surface area contributed by atoms with Crippen molar-refractivity contribution in [3.63, 3.8) is 0 Å². The van der Waals surface area contributed by atoms with Gasteiger partial charge in [-0.15, -0.1) is 0 Å². The third-order valence-electron chi connectivity index (χ3n) is 3.53. The molecule has 0 aliphatic carbocycles. The topological polar surface area (TPSA) is 62.9 Å².